The van der Waals surface area contributed by atoms with Crippen LogP contribution in [0.2, 0.25) is 0 Å². The first-order chi connectivity index (χ1) is 9.63. The fourth-order valence-corrected chi connectivity index (χ4v) is 3.17. The van der Waals surface area contributed by atoms with E-state index in [-0.39, 0.29) is 13.0 Å². The molecule has 0 heterocycles. The van der Waals surface area contributed by atoms with Crippen molar-refractivity contribution in [2.45, 2.75) is 13.3 Å². The van der Waals surface area contributed by atoms with Crippen molar-refractivity contribution in [3.05, 3.63) is 29.8 Å². The summed E-state index contributed by atoms with van der Waals surface area (Å²) in [7, 11) is -7.91. The van der Waals surface area contributed by atoms with Crippen molar-refractivity contribution >= 4 is 25.8 Å². The topological polar surface area (TPSA) is 94.6 Å². The van der Waals surface area contributed by atoms with Crippen molar-refractivity contribution in [2.75, 3.05) is 22.9 Å². The molecule has 1 aromatic rings. The highest BCUT2D eigenvalue weighted by Gasteiger charge is 2.17. The maximum Gasteiger partial charge on any atom is 0.232 e. The number of benzene rings is 1. The number of hydrogen-bond acceptors (Lipinski definition) is 5. The Hall–Kier alpha value is -1.56. The van der Waals surface area contributed by atoms with Crippen LogP contribution in [0, 0.1) is 11.8 Å². The zero-order valence-corrected chi connectivity index (χ0v) is 13.4. The average Bonchev–Trinajstić information content (AvgIpc) is 2.34. The standard InChI is InChI=1S/C13H17NO5S2/c1-3-5-12-6-8-13(9-7-12)14(20(2,15)16)10-4-11-21(17,18)19/h6-9H,4,10-11H2,1-2H3,(H,17,18,19)/p-1. The van der Waals surface area contributed by atoms with Gasteiger partial charge in [-0.1, -0.05) is 5.92 Å². The lowest BCUT2D eigenvalue weighted by molar-refractivity contribution is 0.461. The fourth-order valence-electron chi connectivity index (χ4n) is 1.73. The zero-order chi connectivity index (χ0) is 16.1. The van der Waals surface area contributed by atoms with Gasteiger partial charge in [0.15, 0.2) is 0 Å². The highest BCUT2D eigenvalue weighted by Crippen LogP contribution is 2.18. The first kappa shape index (κ1) is 17.5. The molecule has 6 nitrogen and oxygen atoms in total. The third kappa shape index (κ3) is 6.16. The van der Waals surface area contributed by atoms with E-state index in [4.69, 9.17) is 0 Å². The molecular weight excluding hydrogens is 314 g/mol. The van der Waals surface area contributed by atoms with E-state index in [0.717, 1.165) is 16.1 Å². The molecule has 21 heavy (non-hydrogen) atoms. The van der Waals surface area contributed by atoms with Crippen LogP contribution in [0.3, 0.4) is 0 Å². The number of sulfonamides is 1. The summed E-state index contributed by atoms with van der Waals surface area (Å²) in [5.74, 6) is 4.97. The van der Waals surface area contributed by atoms with E-state index in [9.17, 15) is 21.4 Å². The Morgan fingerprint density at radius 1 is 1.14 bits per heavy atom. The Labute approximate surface area is 125 Å². The lowest BCUT2D eigenvalue weighted by atomic mass is 10.2. The van der Waals surface area contributed by atoms with Gasteiger partial charge in [-0.2, -0.15) is 0 Å². The highest BCUT2D eigenvalue weighted by molar-refractivity contribution is 7.92. The molecule has 0 fully saturated rings. The van der Waals surface area contributed by atoms with Gasteiger partial charge in [0.25, 0.3) is 0 Å². The number of nitrogens with zero attached hydrogens (tertiary/aromatic N) is 1. The minimum Gasteiger partial charge on any atom is -0.748 e. The third-order valence-electron chi connectivity index (χ3n) is 2.58. The third-order valence-corrected chi connectivity index (χ3v) is 4.56. The van der Waals surface area contributed by atoms with Crippen LogP contribution in [0.15, 0.2) is 24.3 Å². The smallest absolute Gasteiger partial charge is 0.232 e. The quantitative estimate of drug-likeness (QED) is 0.567. The van der Waals surface area contributed by atoms with Gasteiger partial charge in [-0.25, -0.2) is 16.8 Å². The molecule has 0 spiro atoms. The molecule has 0 aliphatic heterocycles. The summed E-state index contributed by atoms with van der Waals surface area (Å²) in [6, 6.07) is 6.53. The molecule has 0 aromatic heterocycles. The van der Waals surface area contributed by atoms with Crippen LogP contribution in [0.5, 0.6) is 0 Å². The first-order valence-electron chi connectivity index (χ1n) is 6.07. The molecule has 0 atom stereocenters. The van der Waals surface area contributed by atoms with Crippen LogP contribution in [-0.2, 0) is 20.1 Å². The zero-order valence-electron chi connectivity index (χ0n) is 11.7. The first-order valence-corrected chi connectivity index (χ1v) is 9.50. The van der Waals surface area contributed by atoms with Gasteiger partial charge in [0.05, 0.1) is 22.1 Å². The molecule has 0 unspecified atom stereocenters. The predicted octanol–water partition coefficient (Wildman–Crippen LogP) is 0.759. The molecule has 1 aromatic carbocycles. The minimum atomic E-state index is -4.35. The Kier molecular flexibility index (Phi) is 5.78. The van der Waals surface area contributed by atoms with E-state index >= 15 is 0 Å². The van der Waals surface area contributed by atoms with Crippen molar-refractivity contribution in [2.24, 2.45) is 0 Å². The molecule has 0 aliphatic rings. The van der Waals surface area contributed by atoms with Gasteiger partial charge < -0.3 is 4.55 Å². The van der Waals surface area contributed by atoms with Gasteiger partial charge in [0.1, 0.15) is 0 Å². The van der Waals surface area contributed by atoms with Crippen LogP contribution in [0.25, 0.3) is 0 Å². The van der Waals surface area contributed by atoms with Gasteiger partial charge in [-0.05, 0) is 37.6 Å². The predicted molar refractivity (Wildman–Crippen MR) is 80.4 cm³/mol. The van der Waals surface area contributed by atoms with Gasteiger partial charge in [0, 0.05) is 17.9 Å². The second-order valence-corrected chi connectivity index (χ2v) is 7.80. The summed E-state index contributed by atoms with van der Waals surface area (Å²) < 4.78 is 56.3. The molecule has 0 radical (unpaired) electrons. The summed E-state index contributed by atoms with van der Waals surface area (Å²) >= 11 is 0. The van der Waals surface area contributed by atoms with Crippen LogP contribution in [0.1, 0.15) is 18.9 Å². The van der Waals surface area contributed by atoms with E-state index in [2.05, 4.69) is 11.8 Å². The van der Waals surface area contributed by atoms with E-state index in [1.165, 1.54) is 0 Å². The number of anilines is 1. The second-order valence-electron chi connectivity index (χ2n) is 4.37. The Bertz CT molecular complexity index is 740. The maximum absolute atomic E-state index is 11.8. The lowest BCUT2D eigenvalue weighted by Crippen LogP contribution is -2.31. The van der Waals surface area contributed by atoms with Gasteiger partial charge >= 0.3 is 0 Å². The molecule has 0 saturated carbocycles. The second kappa shape index (κ2) is 6.93. The van der Waals surface area contributed by atoms with Gasteiger partial charge in [-0.3, -0.25) is 4.31 Å². The molecule has 0 saturated heterocycles. The highest BCUT2D eigenvalue weighted by atomic mass is 32.2. The Morgan fingerprint density at radius 2 is 1.71 bits per heavy atom. The Morgan fingerprint density at radius 3 is 2.14 bits per heavy atom. The number of hydrogen-bond donors (Lipinski definition) is 0. The van der Waals surface area contributed by atoms with E-state index < -0.39 is 25.9 Å². The molecule has 116 valence electrons. The molecule has 0 N–H and O–H groups in total. The summed E-state index contributed by atoms with van der Waals surface area (Å²) in [4.78, 5) is 0. The van der Waals surface area contributed by atoms with Crippen LogP contribution >= 0.6 is 0 Å². The van der Waals surface area contributed by atoms with Crippen molar-refractivity contribution in [1.82, 2.24) is 0 Å². The summed E-state index contributed by atoms with van der Waals surface area (Å²) in [5, 5.41) is 0. The van der Waals surface area contributed by atoms with E-state index in [0.29, 0.717) is 5.69 Å². The monoisotopic (exact) mass is 330 g/mol. The van der Waals surface area contributed by atoms with Crippen LogP contribution in [-0.4, -0.2) is 39.9 Å². The summed E-state index contributed by atoms with van der Waals surface area (Å²) in [6.45, 7) is 1.62. The normalized spacial score (nSPS) is 11.6. The Balaban J connectivity index is 2.95. The lowest BCUT2D eigenvalue weighted by Gasteiger charge is -2.22. The van der Waals surface area contributed by atoms with Crippen molar-refractivity contribution in [3.8, 4) is 11.8 Å². The molecular formula is C13H16NO5S2-. The SMILES string of the molecule is CC#Cc1ccc(N(CCCS(=O)(=O)[O-])S(C)(=O)=O)cc1. The van der Waals surface area contributed by atoms with Gasteiger partial charge in [-0.15, -0.1) is 5.92 Å². The van der Waals surface area contributed by atoms with Crippen molar-refractivity contribution < 1.29 is 21.4 Å². The van der Waals surface area contributed by atoms with Gasteiger partial charge in [0.2, 0.25) is 10.0 Å². The molecule has 8 heteroatoms. The van der Waals surface area contributed by atoms with E-state index in [1.54, 1.807) is 31.2 Å². The average molecular weight is 330 g/mol. The fraction of sp³-hybridized carbons (Fsp3) is 0.385. The summed E-state index contributed by atoms with van der Waals surface area (Å²) in [5.41, 5.74) is 1.15. The van der Waals surface area contributed by atoms with Crippen molar-refractivity contribution in [3.63, 3.8) is 0 Å². The maximum atomic E-state index is 11.8. The number of rotatable bonds is 6. The van der Waals surface area contributed by atoms with Crippen molar-refractivity contribution in [1.29, 1.82) is 0 Å². The molecule has 0 amide bonds. The largest absolute Gasteiger partial charge is 0.748 e. The van der Waals surface area contributed by atoms with E-state index in [1.807, 2.05) is 0 Å². The summed E-state index contributed by atoms with van der Waals surface area (Å²) in [6.07, 6.45) is 0.966. The molecule has 1 rings (SSSR count). The van der Waals surface area contributed by atoms with Crippen LogP contribution < -0.4 is 4.31 Å². The minimum absolute atomic E-state index is 0.0601. The molecule has 0 bridgehead atoms. The van der Waals surface area contributed by atoms with Crippen LogP contribution in [0.4, 0.5) is 5.69 Å². The molecule has 0 aliphatic carbocycles.